The summed E-state index contributed by atoms with van der Waals surface area (Å²) >= 11 is 0. The fourth-order valence-corrected chi connectivity index (χ4v) is 4.65. The number of carbonyl (C=O) groups excluding carboxylic acids is 1. The van der Waals surface area contributed by atoms with Crippen molar-refractivity contribution in [1.82, 2.24) is 4.57 Å². The van der Waals surface area contributed by atoms with Crippen LogP contribution in [0.25, 0.3) is 21.8 Å². The van der Waals surface area contributed by atoms with Crippen LogP contribution in [0.3, 0.4) is 0 Å². The highest BCUT2D eigenvalue weighted by Crippen LogP contribution is 2.34. The highest BCUT2D eigenvalue weighted by Gasteiger charge is 2.18. The molecule has 0 saturated carbocycles. The van der Waals surface area contributed by atoms with Gasteiger partial charge in [-0.05, 0) is 58.9 Å². The first-order chi connectivity index (χ1) is 16.0. The average molecular weight is 432 g/mol. The van der Waals surface area contributed by atoms with Crippen molar-refractivity contribution in [3.8, 4) is 0 Å². The molecule has 0 fully saturated rings. The lowest BCUT2D eigenvalue weighted by molar-refractivity contribution is 0.100. The second-order valence-corrected chi connectivity index (χ2v) is 8.93. The summed E-state index contributed by atoms with van der Waals surface area (Å²) in [6.45, 7) is 5.08. The van der Waals surface area contributed by atoms with Gasteiger partial charge < -0.3 is 10.3 Å². The predicted octanol–water partition coefficient (Wildman–Crippen LogP) is 6.46. The molecule has 0 unspecified atom stereocenters. The van der Waals surface area contributed by atoms with Crippen LogP contribution in [-0.2, 0) is 13.0 Å². The van der Waals surface area contributed by atoms with Crippen molar-refractivity contribution in [2.45, 2.75) is 32.7 Å². The van der Waals surface area contributed by atoms with Crippen LogP contribution < -0.4 is 5.73 Å². The van der Waals surface area contributed by atoms with Crippen LogP contribution in [0.1, 0.15) is 52.4 Å². The molecular formula is C30H27N2O. The van der Waals surface area contributed by atoms with Gasteiger partial charge >= 0.3 is 0 Å². The van der Waals surface area contributed by atoms with E-state index in [-0.39, 0.29) is 0 Å². The third kappa shape index (κ3) is 3.91. The number of nitrogens with two attached hydrogens (primary N) is 1. The third-order valence-corrected chi connectivity index (χ3v) is 6.43. The summed E-state index contributed by atoms with van der Waals surface area (Å²) in [4.78, 5) is 12.3. The van der Waals surface area contributed by atoms with Crippen molar-refractivity contribution < 1.29 is 4.79 Å². The van der Waals surface area contributed by atoms with Crippen molar-refractivity contribution in [1.29, 1.82) is 0 Å². The fraction of sp³-hybridized carbons (Fsp3) is 0.167. The molecule has 1 heterocycles. The normalized spacial score (nSPS) is 11.5. The van der Waals surface area contributed by atoms with Gasteiger partial charge in [-0.25, -0.2) is 0 Å². The Hall–Kier alpha value is -3.85. The Labute approximate surface area is 194 Å². The van der Waals surface area contributed by atoms with Gasteiger partial charge in [-0.2, -0.15) is 0 Å². The number of amides is 1. The quantitative estimate of drug-likeness (QED) is 0.330. The zero-order chi connectivity index (χ0) is 22.9. The molecule has 0 aliphatic rings. The third-order valence-electron chi connectivity index (χ3n) is 6.43. The number of primary amides is 1. The lowest BCUT2D eigenvalue weighted by Gasteiger charge is -2.14. The number of nitrogens with zero attached hydrogens (tertiary/aromatic N) is 1. The van der Waals surface area contributed by atoms with Gasteiger partial charge in [-0.3, -0.25) is 4.79 Å². The highest BCUT2D eigenvalue weighted by molar-refractivity contribution is 6.17. The number of hydrogen-bond acceptors (Lipinski definition) is 1. The van der Waals surface area contributed by atoms with E-state index in [0.717, 1.165) is 28.2 Å². The fourth-order valence-electron chi connectivity index (χ4n) is 4.65. The zero-order valence-electron chi connectivity index (χ0n) is 19.0. The molecule has 0 bridgehead atoms. The van der Waals surface area contributed by atoms with E-state index in [0.29, 0.717) is 18.0 Å². The van der Waals surface area contributed by atoms with Gasteiger partial charge in [-0.15, -0.1) is 0 Å². The lowest BCUT2D eigenvalue weighted by Crippen LogP contribution is -2.11. The van der Waals surface area contributed by atoms with Crippen LogP contribution in [0.2, 0.25) is 0 Å². The molecule has 3 heteroatoms. The summed E-state index contributed by atoms with van der Waals surface area (Å²) in [5.41, 5.74) is 13.5. The van der Waals surface area contributed by atoms with Crippen LogP contribution in [0.15, 0.2) is 84.9 Å². The maximum atomic E-state index is 12.3. The molecule has 0 saturated heterocycles. The van der Waals surface area contributed by atoms with Gasteiger partial charge in [0.05, 0.1) is 11.0 Å². The van der Waals surface area contributed by atoms with Crippen molar-refractivity contribution in [2.75, 3.05) is 0 Å². The van der Waals surface area contributed by atoms with Crippen LogP contribution in [0.5, 0.6) is 0 Å². The predicted molar refractivity (Wildman–Crippen MR) is 136 cm³/mol. The number of benzene rings is 4. The van der Waals surface area contributed by atoms with E-state index in [1.54, 1.807) is 0 Å². The summed E-state index contributed by atoms with van der Waals surface area (Å²) in [6, 6.07) is 32.7. The first-order valence-corrected chi connectivity index (χ1v) is 11.4. The van der Waals surface area contributed by atoms with E-state index in [4.69, 9.17) is 5.73 Å². The minimum Gasteiger partial charge on any atom is -0.366 e. The van der Waals surface area contributed by atoms with Crippen LogP contribution in [0, 0.1) is 6.07 Å². The highest BCUT2D eigenvalue weighted by atomic mass is 16.1. The van der Waals surface area contributed by atoms with Gasteiger partial charge in [0.1, 0.15) is 0 Å². The minimum atomic E-state index is -0.412. The molecule has 3 nitrogen and oxygen atoms in total. The van der Waals surface area contributed by atoms with Crippen molar-refractivity contribution >= 4 is 27.7 Å². The zero-order valence-corrected chi connectivity index (χ0v) is 19.0. The Balaban J connectivity index is 1.71. The lowest BCUT2D eigenvalue weighted by atomic mass is 9.99. The van der Waals surface area contributed by atoms with Crippen molar-refractivity contribution in [2.24, 2.45) is 5.73 Å². The molecule has 1 aromatic heterocycles. The van der Waals surface area contributed by atoms with E-state index in [2.05, 4.69) is 85.1 Å². The number of carbonyl (C=O) groups is 1. The monoisotopic (exact) mass is 431 g/mol. The number of aromatic nitrogens is 1. The smallest absolute Gasteiger partial charge is 0.249 e. The Morgan fingerprint density at radius 3 is 2.36 bits per heavy atom. The molecule has 2 N–H and O–H groups in total. The Bertz CT molecular complexity index is 1460. The second-order valence-electron chi connectivity index (χ2n) is 8.93. The van der Waals surface area contributed by atoms with Crippen LogP contribution in [0.4, 0.5) is 0 Å². The van der Waals surface area contributed by atoms with Gasteiger partial charge in [0.15, 0.2) is 0 Å². The molecular weight excluding hydrogens is 404 g/mol. The van der Waals surface area contributed by atoms with E-state index in [9.17, 15) is 4.79 Å². The minimum absolute atomic E-state index is 0.387. The molecule has 0 atom stereocenters. The summed E-state index contributed by atoms with van der Waals surface area (Å²) in [5.74, 6) is -0.0245. The van der Waals surface area contributed by atoms with Crippen LogP contribution in [-0.4, -0.2) is 10.5 Å². The van der Waals surface area contributed by atoms with Crippen molar-refractivity contribution in [3.63, 3.8) is 0 Å². The molecule has 0 spiro atoms. The average Bonchev–Trinajstić information content (AvgIpc) is 3.14. The first kappa shape index (κ1) is 21.0. The maximum absolute atomic E-state index is 12.3. The second kappa shape index (κ2) is 8.59. The van der Waals surface area contributed by atoms with Gasteiger partial charge in [-0.1, -0.05) is 80.6 Å². The first-order valence-electron chi connectivity index (χ1n) is 11.4. The topological polar surface area (TPSA) is 48.0 Å². The molecule has 5 rings (SSSR count). The molecule has 33 heavy (non-hydrogen) atoms. The molecule has 4 aromatic carbocycles. The number of fused-ring (bicyclic) bond motifs is 3. The van der Waals surface area contributed by atoms with Gasteiger partial charge in [0.2, 0.25) is 5.91 Å². The molecule has 0 aliphatic carbocycles. The standard InChI is InChI=1S/C30H27N2O/c1-20(2)22-15-16-25-28(18-22)32(27-14-8-13-26(29(25)27)30(31)33)19-24-12-7-6-11-23(24)17-21-9-4-3-5-10-21/h3-15,18,20H,17,19H2,1-2H3,(H2,31,33). The SMILES string of the molecule is CC(C)c1c[c]c2c3c(C(N)=O)cccc3n(Cc3ccccc3Cc3ccccc3)c2c1. The van der Waals surface area contributed by atoms with Gasteiger partial charge in [0.25, 0.3) is 0 Å². The Morgan fingerprint density at radius 1 is 0.909 bits per heavy atom. The molecule has 1 amide bonds. The van der Waals surface area contributed by atoms with E-state index in [1.807, 2.05) is 24.3 Å². The van der Waals surface area contributed by atoms with Gasteiger partial charge in [0, 0.05) is 22.9 Å². The Morgan fingerprint density at radius 2 is 1.64 bits per heavy atom. The molecule has 163 valence electrons. The van der Waals surface area contributed by atoms with Crippen molar-refractivity contribution in [3.05, 3.63) is 119 Å². The summed E-state index contributed by atoms with van der Waals surface area (Å²) in [6.07, 6.45) is 0.879. The van der Waals surface area contributed by atoms with E-state index < -0.39 is 5.91 Å². The summed E-state index contributed by atoms with van der Waals surface area (Å²) < 4.78 is 2.31. The maximum Gasteiger partial charge on any atom is 0.249 e. The molecule has 0 aliphatic heterocycles. The summed E-state index contributed by atoms with van der Waals surface area (Å²) in [7, 11) is 0. The Kier molecular flexibility index (Phi) is 5.47. The summed E-state index contributed by atoms with van der Waals surface area (Å²) in [5, 5.41) is 1.83. The largest absolute Gasteiger partial charge is 0.366 e. The van der Waals surface area contributed by atoms with E-state index in [1.165, 1.54) is 22.3 Å². The molecule has 1 radical (unpaired) electrons. The molecule has 5 aromatic rings. The number of hydrogen-bond donors (Lipinski definition) is 1. The van der Waals surface area contributed by atoms with Crippen LogP contribution >= 0.6 is 0 Å². The van der Waals surface area contributed by atoms with E-state index >= 15 is 0 Å². The number of rotatable bonds is 6.